The number of carbonyl (C=O) groups excluding carboxylic acids is 1. The Bertz CT molecular complexity index is 502. The molecule has 1 aromatic rings. The molecule has 1 aromatic heterocycles. The van der Waals surface area contributed by atoms with Crippen LogP contribution < -0.4 is 0 Å². The molecular weight excluding hydrogens is 298 g/mol. The first kappa shape index (κ1) is 16.0. The number of rotatable bonds is 4. The van der Waals surface area contributed by atoms with E-state index in [0.717, 1.165) is 44.5 Å². The summed E-state index contributed by atoms with van der Waals surface area (Å²) in [5.74, 6) is 0.147. The number of ether oxygens (including phenoxy) is 2. The van der Waals surface area contributed by atoms with Gasteiger partial charge in [-0.05, 0) is 44.6 Å². The summed E-state index contributed by atoms with van der Waals surface area (Å²) >= 11 is 1.57. The third kappa shape index (κ3) is 3.21. The van der Waals surface area contributed by atoms with Crippen LogP contribution in [0.15, 0.2) is 16.8 Å². The van der Waals surface area contributed by atoms with E-state index in [4.69, 9.17) is 9.47 Å². The van der Waals surface area contributed by atoms with E-state index in [1.165, 1.54) is 0 Å². The van der Waals surface area contributed by atoms with Crippen LogP contribution in [0.5, 0.6) is 0 Å². The number of thiophene rings is 1. The van der Waals surface area contributed by atoms with Crippen LogP contribution in [0.2, 0.25) is 0 Å². The fraction of sp³-hybridized carbons (Fsp3) is 0.706. The molecular formula is C17H25NO3S. The highest BCUT2D eigenvalue weighted by Crippen LogP contribution is 2.41. The van der Waals surface area contributed by atoms with E-state index in [-0.39, 0.29) is 23.5 Å². The first-order valence-electron chi connectivity index (χ1n) is 8.15. The molecule has 0 saturated carbocycles. The van der Waals surface area contributed by atoms with Crippen LogP contribution in [0.3, 0.4) is 0 Å². The number of hydrogen-bond acceptors (Lipinski definition) is 4. The molecule has 0 N–H and O–H groups in total. The number of fused-ring (bicyclic) bond motifs is 1. The zero-order chi connectivity index (χ0) is 15.6. The van der Waals surface area contributed by atoms with Crippen LogP contribution >= 0.6 is 11.3 Å². The number of nitrogens with zero attached hydrogens (tertiary/aromatic N) is 1. The zero-order valence-corrected chi connectivity index (χ0v) is 14.2. The summed E-state index contributed by atoms with van der Waals surface area (Å²) in [6.07, 6.45) is 3.49. The van der Waals surface area contributed by atoms with Gasteiger partial charge in [0.25, 0.3) is 5.91 Å². The number of likely N-dealkylation sites (tertiary alicyclic amines) is 1. The molecule has 0 aromatic carbocycles. The fourth-order valence-corrected chi connectivity index (χ4v) is 4.21. The Kier molecular flexibility index (Phi) is 4.85. The summed E-state index contributed by atoms with van der Waals surface area (Å²) in [6.45, 7) is 7.18. The van der Waals surface area contributed by atoms with Crippen molar-refractivity contribution in [3.05, 3.63) is 22.4 Å². The quantitative estimate of drug-likeness (QED) is 0.854. The highest BCUT2D eigenvalue weighted by atomic mass is 32.1. The van der Waals surface area contributed by atoms with Gasteiger partial charge in [0.2, 0.25) is 0 Å². The summed E-state index contributed by atoms with van der Waals surface area (Å²) in [5, 5.41) is 3.89. The zero-order valence-electron chi connectivity index (χ0n) is 13.4. The molecule has 5 heteroatoms. The summed E-state index contributed by atoms with van der Waals surface area (Å²) in [4.78, 5) is 14.7. The average molecular weight is 323 g/mol. The van der Waals surface area contributed by atoms with Crippen LogP contribution in [0.25, 0.3) is 0 Å². The van der Waals surface area contributed by atoms with E-state index >= 15 is 0 Å². The van der Waals surface area contributed by atoms with Gasteiger partial charge in [0.05, 0.1) is 24.4 Å². The second-order valence-electron chi connectivity index (χ2n) is 6.71. The van der Waals surface area contributed by atoms with Gasteiger partial charge in [0, 0.05) is 30.5 Å². The third-order valence-electron chi connectivity index (χ3n) is 4.75. The molecule has 2 atom stereocenters. The van der Waals surface area contributed by atoms with Crippen LogP contribution in [0.1, 0.15) is 43.5 Å². The van der Waals surface area contributed by atoms with E-state index in [2.05, 4.69) is 13.8 Å². The van der Waals surface area contributed by atoms with Gasteiger partial charge in [-0.25, -0.2) is 0 Å². The van der Waals surface area contributed by atoms with E-state index in [1.807, 2.05) is 21.7 Å². The first-order chi connectivity index (χ1) is 10.6. The van der Waals surface area contributed by atoms with Gasteiger partial charge in [-0.2, -0.15) is 11.3 Å². The number of piperidine rings is 1. The highest BCUT2D eigenvalue weighted by Gasteiger charge is 2.47. The topological polar surface area (TPSA) is 38.8 Å². The van der Waals surface area contributed by atoms with Crippen LogP contribution in [-0.2, 0) is 9.47 Å². The van der Waals surface area contributed by atoms with Gasteiger partial charge < -0.3 is 14.4 Å². The molecule has 2 aliphatic rings. The largest absolute Gasteiger partial charge is 0.378 e. The maximum absolute atomic E-state index is 12.7. The van der Waals surface area contributed by atoms with E-state index in [0.29, 0.717) is 6.61 Å². The Hall–Kier alpha value is -0.910. The Morgan fingerprint density at radius 3 is 3.18 bits per heavy atom. The van der Waals surface area contributed by atoms with Crippen molar-refractivity contribution < 1.29 is 14.3 Å². The lowest BCUT2D eigenvalue weighted by molar-refractivity contribution is -0.152. The summed E-state index contributed by atoms with van der Waals surface area (Å²) < 4.78 is 12.0. The highest BCUT2D eigenvalue weighted by molar-refractivity contribution is 7.08. The molecule has 3 rings (SSSR count). The van der Waals surface area contributed by atoms with Gasteiger partial charge in [-0.1, -0.05) is 0 Å². The molecule has 0 radical (unpaired) electrons. The van der Waals surface area contributed by atoms with Gasteiger partial charge in [0.15, 0.2) is 0 Å². The smallest absolute Gasteiger partial charge is 0.254 e. The molecule has 0 bridgehead atoms. The van der Waals surface area contributed by atoms with E-state index in [9.17, 15) is 4.79 Å². The van der Waals surface area contributed by atoms with Gasteiger partial charge in [0.1, 0.15) is 0 Å². The van der Waals surface area contributed by atoms with Crippen molar-refractivity contribution in [2.75, 3.05) is 26.3 Å². The summed E-state index contributed by atoms with van der Waals surface area (Å²) in [7, 11) is 0. The standard InChI is InChI=1S/C17H25NO3S/c1-13(2)21-12-17-6-3-8-20-15(17)4-7-18(11-17)16(19)14-5-9-22-10-14/h5,9-10,13,15H,3-4,6-8,11-12H2,1-2H3/t15-,17+/m0/s1. The van der Waals surface area contributed by atoms with Crippen molar-refractivity contribution in [2.24, 2.45) is 5.41 Å². The van der Waals surface area contributed by atoms with E-state index in [1.54, 1.807) is 11.3 Å². The molecule has 22 heavy (non-hydrogen) atoms. The minimum atomic E-state index is -0.0353. The lowest BCUT2D eigenvalue weighted by atomic mass is 9.73. The Balaban J connectivity index is 1.75. The Morgan fingerprint density at radius 1 is 1.59 bits per heavy atom. The van der Waals surface area contributed by atoms with E-state index < -0.39 is 0 Å². The average Bonchev–Trinajstić information content (AvgIpc) is 3.06. The first-order valence-corrected chi connectivity index (χ1v) is 9.10. The van der Waals surface area contributed by atoms with Crippen LogP contribution in [0, 0.1) is 5.41 Å². The number of carbonyl (C=O) groups is 1. The lowest BCUT2D eigenvalue weighted by Crippen LogP contribution is -2.58. The Labute approximate surface area is 136 Å². The van der Waals surface area contributed by atoms with Crippen molar-refractivity contribution in [3.63, 3.8) is 0 Å². The van der Waals surface area contributed by atoms with Crippen LogP contribution in [-0.4, -0.2) is 49.3 Å². The summed E-state index contributed by atoms with van der Waals surface area (Å²) in [6, 6.07) is 1.91. The second kappa shape index (κ2) is 6.69. The van der Waals surface area contributed by atoms with Crippen molar-refractivity contribution in [1.82, 2.24) is 4.90 Å². The normalized spacial score (nSPS) is 28.7. The minimum absolute atomic E-state index is 0.0353. The number of hydrogen-bond donors (Lipinski definition) is 0. The maximum Gasteiger partial charge on any atom is 0.254 e. The molecule has 122 valence electrons. The summed E-state index contributed by atoms with van der Waals surface area (Å²) in [5.41, 5.74) is 0.770. The molecule has 2 fully saturated rings. The van der Waals surface area contributed by atoms with Crippen molar-refractivity contribution >= 4 is 17.2 Å². The van der Waals surface area contributed by atoms with Gasteiger partial charge in [-0.3, -0.25) is 4.79 Å². The monoisotopic (exact) mass is 323 g/mol. The molecule has 1 amide bonds. The third-order valence-corrected chi connectivity index (χ3v) is 5.43. The SMILES string of the molecule is CC(C)OC[C@]12CCCO[C@H]1CCN(C(=O)c1ccsc1)C2. The molecule has 0 aliphatic carbocycles. The maximum atomic E-state index is 12.7. The van der Waals surface area contributed by atoms with Gasteiger partial charge >= 0.3 is 0 Å². The molecule has 4 nitrogen and oxygen atoms in total. The van der Waals surface area contributed by atoms with Gasteiger partial charge in [-0.15, -0.1) is 0 Å². The van der Waals surface area contributed by atoms with Crippen molar-refractivity contribution in [3.8, 4) is 0 Å². The molecule has 2 saturated heterocycles. The fourth-order valence-electron chi connectivity index (χ4n) is 3.58. The molecule has 3 heterocycles. The van der Waals surface area contributed by atoms with Crippen molar-refractivity contribution in [2.45, 2.75) is 45.3 Å². The predicted molar refractivity (Wildman–Crippen MR) is 87.3 cm³/mol. The lowest BCUT2D eigenvalue weighted by Gasteiger charge is -2.50. The Morgan fingerprint density at radius 2 is 2.45 bits per heavy atom. The predicted octanol–water partition coefficient (Wildman–Crippen LogP) is 3.18. The number of amides is 1. The molecule has 0 spiro atoms. The molecule has 2 aliphatic heterocycles. The molecule has 0 unspecified atom stereocenters. The van der Waals surface area contributed by atoms with Crippen LogP contribution in [0.4, 0.5) is 0 Å². The van der Waals surface area contributed by atoms with Crippen molar-refractivity contribution in [1.29, 1.82) is 0 Å². The minimum Gasteiger partial charge on any atom is -0.378 e. The second-order valence-corrected chi connectivity index (χ2v) is 7.49.